The molecule has 0 radical (unpaired) electrons. The van der Waals surface area contributed by atoms with Gasteiger partial charge in [-0.2, -0.15) is 0 Å². The molecule has 7 nitrogen and oxygen atoms in total. The third-order valence-corrected chi connectivity index (χ3v) is 4.84. The summed E-state index contributed by atoms with van der Waals surface area (Å²) in [5.41, 5.74) is -0.437. The lowest BCUT2D eigenvalue weighted by Crippen LogP contribution is -2.44. The van der Waals surface area contributed by atoms with Crippen molar-refractivity contribution in [1.29, 1.82) is 0 Å². The van der Waals surface area contributed by atoms with Gasteiger partial charge in [0.1, 0.15) is 5.54 Å². The van der Waals surface area contributed by atoms with E-state index in [-0.39, 0.29) is 11.9 Å². The molecule has 0 aromatic heterocycles. The lowest BCUT2D eigenvalue weighted by molar-refractivity contribution is -0.130. The number of aliphatic imine (C=N–C) groups is 1. The minimum absolute atomic E-state index is 0.136. The van der Waals surface area contributed by atoms with E-state index in [9.17, 15) is 9.59 Å². The second kappa shape index (κ2) is 9.24. The Bertz CT molecular complexity index is 527. The first-order chi connectivity index (χ1) is 12.0. The summed E-state index contributed by atoms with van der Waals surface area (Å²) in [7, 11) is 1.75. The number of amides is 3. The van der Waals surface area contributed by atoms with Crippen molar-refractivity contribution in [1.82, 2.24) is 20.9 Å². The molecule has 2 atom stereocenters. The van der Waals surface area contributed by atoms with Gasteiger partial charge in [0, 0.05) is 26.2 Å². The standard InChI is InChI=1S/C19H37N5O2/c1-8-19(6)15(25)24(17(26)23-19)13-9-12-21-16(20-7)22-14(2)10-11-18(3,4)5/h14H,8-13H2,1-7H3,(H,23,26)(H2,20,21,22). The fraction of sp³-hybridized carbons (Fsp3) is 0.842. The van der Waals surface area contributed by atoms with Gasteiger partial charge in [-0.05, 0) is 44.9 Å². The normalized spacial score (nSPS) is 22.4. The minimum Gasteiger partial charge on any atom is -0.356 e. The van der Waals surface area contributed by atoms with Crippen molar-refractivity contribution < 1.29 is 9.59 Å². The zero-order chi connectivity index (χ0) is 20.0. The highest BCUT2D eigenvalue weighted by molar-refractivity contribution is 6.06. The molecule has 7 heteroatoms. The summed E-state index contributed by atoms with van der Waals surface area (Å²) in [6.45, 7) is 13.6. The van der Waals surface area contributed by atoms with Gasteiger partial charge < -0.3 is 16.0 Å². The lowest BCUT2D eigenvalue weighted by atomic mass is 9.89. The summed E-state index contributed by atoms with van der Waals surface area (Å²) >= 11 is 0. The van der Waals surface area contributed by atoms with E-state index in [1.807, 2.05) is 6.92 Å². The second-order valence-electron chi connectivity index (χ2n) is 8.57. The highest BCUT2D eigenvalue weighted by Crippen LogP contribution is 2.22. The number of carbonyl (C=O) groups is 2. The molecule has 1 saturated heterocycles. The second-order valence-corrected chi connectivity index (χ2v) is 8.57. The predicted octanol–water partition coefficient (Wildman–Crippen LogP) is 2.48. The van der Waals surface area contributed by atoms with Crippen LogP contribution < -0.4 is 16.0 Å². The largest absolute Gasteiger partial charge is 0.356 e. The highest BCUT2D eigenvalue weighted by Gasteiger charge is 2.45. The van der Waals surface area contributed by atoms with Crippen LogP contribution in [0.5, 0.6) is 0 Å². The van der Waals surface area contributed by atoms with Crippen LogP contribution in [0.4, 0.5) is 4.79 Å². The molecule has 3 N–H and O–H groups in total. The van der Waals surface area contributed by atoms with Crippen LogP contribution in [-0.4, -0.2) is 54.5 Å². The fourth-order valence-electron chi connectivity index (χ4n) is 2.78. The van der Waals surface area contributed by atoms with Gasteiger partial charge in [-0.15, -0.1) is 0 Å². The Balaban J connectivity index is 2.35. The van der Waals surface area contributed by atoms with Crippen LogP contribution in [-0.2, 0) is 4.79 Å². The van der Waals surface area contributed by atoms with Gasteiger partial charge in [-0.3, -0.25) is 14.7 Å². The van der Waals surface area contributed by atoms with Crippen molar-refractivity contribution in [3.63, 3.8) is 0 Å². The SMILES string of the molecule is CCC1(C)NC(=O)N(CCCNC(=NC)NC(C)CCC(C)(C)C)C1=O. The molecule has 0 aromatic rings. The van der Waals surface area contributed by atoms with Gasteiger partial charge in [0.2, 0.25) is 0 Å². The molecule has 0 saturated carbocycles. The van der Waals surface area contributed by atoms with Crippen molar-refractivity contribution in [2.24, 2.45) is 10.4 Å². The number of hydrogen-bond acceptors (Lipinski definition) is 3. The van der Waals surface area contributed by atoms with E-state index in [0.717, 1.165) is 18.8 Å². The van der Waals surface area contributed by atoms with Crippen molar-refractivity contribution >= 4 is 17.9 Å². The van der Waals surface area contributed by atoms with E-state index in [0.29, 0.717) is 37.4 Å². The third-order valence-electron chi connectivity index (χ3n) is 4.84. The summed E-state index contributed by atoms with van der Waals surface area (Å²) in [4.78, 5) is 29.9. The lowest BCUT2D eigenvalue weighted by Gasteiger charge is -2.23. The van der Waals surface area contributed by atoms with Gasteiger partial charge >= 0.3 is 6.03 Å². The van der Waals surface area contributed by atoms with Crippen molar-refractivity contribution in [2.75, 3.05) is 20.1 Å². The third kappa shape index (κ3) is 6.50. The molecular formula is C19H37N5O2. The maximum Gasteiger partial charge on any atom is 0.325 e. The monoisotopic (exact) mass is 367 g/mol. The van der Waals surface area contributed by atoms with Crippen molar-refractivity contribution in [3.05, 3.63) is 0 Å². The van der Waals surface area contributed by atoms with Gasteiger partial charge in [-0.1, -0.05) is 27.7 Å². The summed E-state index contributed by atoms with van der Waals surface area (Å²) in [5.74, 6) is 0.616. The molecule has 150 valence electrons. The molecule has 0 bridgehead atoms. The summed E-state index contributed by atoms with van der Waals surface area (Å²) in [5, 5.41) is 9.42. The molecular weight excluding hydrogens is 330 g/mol. The average Bonchev–Trinajstić information content (AvgIpc) is 2.78. The zero-order valence-electron chi connectivity index (χ0n) is 17.5. The first-order valence-corrected chi connectivity index (χ1v) is 9.63. The molecule has 0 aromatic carbocycles. The highest BCUT2D eigenvalue weighted by atomic mass is 16.2. The van der Waals surface area contributed by atoms with E-state index in [1.165, 1.54) is 4.90 Å². The number of imide groups is 1. The minimum atomic E-state index is -0.759. The number of nitrogens with zero attached hydrogens (tertiary/aromatic N) is 2. The number of hydrogen-bond donors (Lipinski definition) is 3. The number of guanidine groups is 1. The van der Waals surface area contributed by atoms with Crippen molar-refractivity contribution in [2.45, 2.75) is 78.8 Å². The van der Waals surface area contributed by atoms with Gasteiger partial charge in [0.05, 0.1) is 0 Å². The molecule has 0 spiro atoms. The Morgan fingerprint density at radius 2 is 2.00 bits per heavy atom. The Morgan fingerprint density at radius 1 is 1.35 bits per heavy atom. The van der Waals surface area contributed by atoms with Crippen LogP contribution in [0, 0.1) is 5.41 Å². The van der Waals surface area contributed by atoms with E-state index < -0.39 is 5.54 Å². The molecule has 0 aliphatic carbocycles. The van der Waals surface area contributed by atoms with Crippen LogP contribution in [0.3, 0.4) is 0 Å². The van der Waals surface area contributed by atoms with Gasteiger partial charge in [0.15, 0.2) is 5.96 Å². The van der Waals surface area contributed by atoms with E-state index in [4.69, 9.17) is 0 Å². The average molecular weight is 368 g/mol. The van der Waals surface area contributed by atoms with Gasteiger partial charge in [0.25, 0.3) is 5.91 Å². The zero-order valence-corrected chi connectivity index (χ0v) is 17.5. The van der Waals surface area contributed by atoms with Gasteiger partial charge in [-0.25, -0.2) is 4.79 Å². The molecule has 1 heterocycles. The smallest absolute Gasteiger partial charge is 0.325 e. The van der Waals surface area contributed by atoms with E-state index in [1.54, 1.807) is 14.0 Å². The Kier molecular flexibility index (Phi) is 7.90. The first-order valence-electron chi connectivity index (χ1n) is 9.63. The van der Waals surface area contributed by atoms with E-state index >= 15 is 0 Å². The van der Waals surface area contributed by atoms with E-state index in [2.05, 4.69) is 48.6 Å². The maximum atomic E-state index is 12.3. The maximum absolute atomic E-state index is 12.3. The van der Waals surface area contributed by atoms with Crippen LogP contribution >= 0.6 is 0 Å². The topological polar surface area (TPSA) is 85.8 Å². The Morgan fingerprint density at radius 3 is 2.50 bits per heavy atom. The quantitative estimate of drug-likeness (QED) is 0.266. The molecule has 1 aliphatic rings. The molecule has 1 fully saturated rings. The summed E-state index contributed by atoms with van der Waals surface area (Å²) < 4.78 is 0. The summed E-state index contributed by atoms with van der Waals surface area (Å²) in [6, 6.07) is 0.0364. The number of nitrogens with one attached hydrogen (secondary N) is 3. The van der Waals surface area contributed by atoms with Crippen LogP contribution in [0.1, 0.15) is 67.2 Å². The first kappa shape index (κ1) is 22.3. The summed E-state index contributed by atoms with van der Waals surface area (Å²) in [6.07, 6.45) is 3.48. The Labute approximate surface area is 158 Å². The van der Waals surface area contributed by atoms with Crippen LogP contribution in [0.2, 0.25) is 0 Å². The predicted molar refractivity (Wildman–Crippen MR) is 106 cm³/mol. The molecule has 3 amide bonds. The molecule has 2 unspecified atom stereocenters. The molecule has 1 rings (SSSR count). The molecule has 1 aliphatic heterocycles. The number of carbonyl (C=O) groups excluding carboxylic acids is 2. The van der Waals surface area contributed by atoms with Crippen LogP contribution in [0.25, 0.3) is 0 Å². The van der Waals surface area contributed by atoms with Crippen molar-refractivity contribution in [3.8, 4) is 0 Å². The fourth-order valence-corrected chi connectivity index (χ4v) is 2.78. The van der Waals surface area contributed by atoms with Crippen LogP contribution in [0.15, 0.2) is 4.99 Å². The molecule has 26 heavy (non-hydrogen) atoms. The number of urea groups is 1. The number of rotatable bonds is 8. The Hall–Kier alpha value is -1.79.